The summed E-state index contributed by atoms with van der Waals surface area (Å²) in [5.74, 6) is -0.411. The van der Waals surface area contributed by atoms with Gasteiger partial charge in [-0.05, 0) is 0 Å². The third-order valence-corrected chi connectivity index (χ3v) is 1.76. The monoisotopic (exact) mass is 178 g/mol. The molecule has 0 spiro atoms. The Bertz CT molecular complexity index is 185. The van der Waals surface area contributed by atoms with E-state index in [1.165, 1.54) is 7.05 Å². The Kier molecular flexibility index (Phi) is 3.19. The summed E-state index contributed by atoms with van der Waals surface area (Å²) in [6, 6.07) is 0. The van der Waals surface area contributed by atoms with Crippen molar-refractivity contribution >= 4 is 17.2 Å². The lowest BCUT2D eigenvalue weighted by Gasteiger charge is -2.26. The van der Waals surface area contributed by atoms with E-state index < -0.39 is 22.6 Å². The summed E-state index contributed by atoms with van der Waals surface area (Å²) in [5.41, 5.74) is -0.644. The Labute approximate surface area is 69.0 Å². The molecule has 0 aromatic heterocycles. The number of carbonyl (C=O) groups excluding carboxylic acids is 1. The molecular weight excluding hydrogens is 166 g/mol. The summed E-state index contributed by atoms with van der Waals surface area (Å²) in [7, 11) is 1.23. The van der Waals surface area contributed by atoms with E-state index in [1.807, 2.05) is 0 Å². The van der Waals surface area contributed by atoms with Crippen LogP contribution in [-0.4, -0.2) is 26.0 Å². The summed E-state index contributed by atoms with van der Waals surface area (Å²) in [5, 5.41) is 0. The number of amides is 1. The molecule has 66 valence electrons. The minimum absolute atomic E-state index is 0.411. The van der Waals surface area contributed by atoms with Crippen LogP contribution in [0.5, 0.6) is 0 Å². The Hall–Kier alpha value is -0.420. The predicted molar refractivity (Wildman–Crippen MR) is 41.1 cm³/mol. The molecule has 0 aliphatic heterocycles. The molecule has 0 aromatic rings. The normalized spacial score (nSPS) is 14.3. The van der Waals surface area contributed by atoms with Crippen molar-refractivity contribution in [2.24, 2.45) is 5.41 Å². The van der Waals surface area contributed by atoms with Gasteiger partial charge >= 0.3 is 0 Å². The third kappa shape index (κ3) is 2.98. The van der Waals surface area contributed by atoms with Crippen molar-refractivity contribution in [3.05, 3.63) is 0 Å². The zero-order chi connectivity index (χ0) is 9.23. The van der Waals surface area contributed by atoms with E-state index in [9.17, 15) is 13.6 Å². The van der Waals surface area contributed by atoms with Crippen LogP contribution in [0.1, 0.15) is 20.8 Å². The van der Waals surface area contributed by atoms with Gasteiger partial charge in [-0.15, -0.1) is 0 Å². The number of carbonyl (C=O) groups is 1. The smallest absolute Gasteiger partial charge is 0.238 e. The molecule has 1 unspecified atom stereocenters. The molecule has 0 heterocycles. The summed E-state index contributed by atoms with van der Waals surface area (Å²) in [6.45, 7) is 5.00. The molecule has 0 radical (unpaired) electrons. The van der Waals surface area contributed by atoms with Crippen LogP contribution in [0.4, 0.5) is 0 Å². The van der Waals surface area contributed by atoms with Gasteiger partial charge in [-0.3, -0.25) is 13.3 Å². The first kappa shape index (κ1) is 10.6. The third-order valence-electron chi connectivity index (χ3n) is 1.15. The van der Waals surface area contributed by atoms with E-state index in [1.54, 1.807) is 20.8 Å². The number of hydrogen-bond donors (Lipinski definition) is 0. The average Bonchev–Trinajstić information content (AvgIpc) is 1.82. The zero-order valence-electron chi connectivity index (χ0n) is 7.08. The molecular formula is C6H12NO3S-. The molecule has 0 saturated heterocycles. The molecule has 0 rings (SSSR count). The number of hydrogen-bond acceptors (Lipinski definition) is 3. The Morgan fingerprint density at radius 3 is 1.91 bits per heavy atom. The Morgan fingerprint density at radius 1 is 1.45 bits per heavy atom. The van der Waals surface area contributed by atoms with Crippen molar-refractivity contribution in [1.82, 2.24) is 4.31 Å². The lowest BCUT2D eigenvalue weighted by atomic mass is 9.96. The van der Waals surface area contributed by atoms with Crippen molar-refractivity contribution in [1.29, 1.82) is 0 Å². The van der Waals surface area contributed by atoms with Crippen LogP contribution in [0, 0.1) is 5.41 Å². The highest BCUT2D eigenvalue weighted by Gasteiger charge is 2.25. The van der Waals surface area contributed by atoms with Gasteiger partial charge < -0.3 is 4.55 Å². The van der Waals surface area contributed by atoms with Crippen LogP contribution in [0.15, 0.2) is 0 Å². The van der Waals surface area contributed by atoms with Crippen LogP contribution >= 0.6 is 0 Å². The standard InChI is InChI=1S/C6H13NO3S/c1-6(2,3)5(8)7(4)11(9)10/h1-4H3,(H,9,10)/p-1. The van der Waals surface area contributed by atoms with Crippen LogP contribution < -0.4 is 0 Å². The molecule has 0 aliphatic carbocycles. The van der Waals surface area contributed by atoms with E-state index >= 15 is 0 Å². The Morgan fingerprint density at radius 2 is 1.82 bits per heavy atom. The first-order valence-electron chi connectivity index (χ1n) is 3.14. The first-order valence-corrected chi connectivity index (χ1v) is 4.17. The van der Waals surface area contributed by atoms with E-state index in [0.717, 1.165) is 0 Å². The van der Waals surface area contributed by atoms with Gasteiger partial charge in [-0.2, -0.15) is 0 Å². The van der Waals surface area contributed by atoms with Gasteiger partial charge in [0.15, 0.2) is 0 Å². The fourth-order valence-corrected chi connectivity index (χ4v) is 0.949. The van der Waals surface area contributed by atoms with Crippen molar-refractivity contribution in [3.63, 3.8) is 0 Å². The van der Waals surface area contributed by atoms with E-state index in [2.05, 4.69) is 0 Å². The average molecular weight is 178 g/mol. The van der Waals surface area contributed by atoms with Crippen molar-refractivity contribution in [2.45, 2.75) is 20.8 Å². The molecule has 0 aliphatic rings. The molecule has 0 N–H and O–H groups in total. The Balaban J connectivity index is 4.39. The largest absolute Gasteiger partial charge is 0.755 e. The highest BCUT2D eigenvalue weighted by molar-refractivity contribution is 7.77. The second-order valence-corrected chi connectivity index (χ2v) is 4.25. The minimum Gasteiger partial charge on any atom is -0.755 e. The number of nitrogens with zero attached hydrogens (tertiary/aromatic N) is 1. The molecule has 0 bridgehead atoms. The van der Waals surface area contributed by atoms with Gasteiger partial charge in [-0.25, -0.2) is 0 Å². The fourth-order valence-electron chi connectivity index (χ4n) is 0.540. The molecule has 0 aromatic carbocycles. The summed E-state index contributed by atoms with van der Waals surface area (Å²) in [6.07, 6.45) is 0. The lowest BCUT2D eigenvalue weighted by Crippen LogP contribution is -2.37. The maximum atomic E-state index is 11.1. The first-order chi connectivity index (χ1) is 4.76. The zero-order valence-corrected chi connectivity index (χ0v) is 7.90. The van der Waals surface area contributed by atoms with E-state index in [-0.39, 0.29) is 0 Å². The second-order valence-electron chi connectivity index (χ2n) is 3.27. The highest BCUT2D eigenvalue weighted by Crippen LogP contribution is 2.16. The molecule has 11 heavy (non-hydrogen) atoms. The molecule has 0 fully saturated rings. The minimum atomic E-state index is -2.45. The topological polar surface area (TPSA) is 60.4 Å². The van der Waals surface area contributed by atoms with Crippen molar-refractivity contribution in [2.75, 3.05) is 7.05 Å². The second kappa shape index (κ2) is 3.32. The van der Waals surface area contributed by atoms with Crippen molar-refractivity contribution < 1.29 is 13.6 Å². The molecule has 5 heteroatoms. The van der Waals surface area contributed by atoms with Crippen LogP contribution in [0.3, 0.4) is 0 Å². The lowest BCUT2D eigenvalue weighted by molar-refractivity contribution is -0.133. The van der Waals surface area contributed by atoms with Gasteiger partial charge in [0.05, 0.1) is 0 Å². The molecule has 4 nitrogen and oxygen atoms in total. The van der Waals surface area contributed by atoms with E-state index in [0.29, 0.717) is 4.31 Å². The van der Waals surface area contributed by atoms with Gasteiger partial charge in [-0.1, -0.05) is 20.8 Å². The van der Waals surface area contributed by atoms with Crippen LogP contribution in [0.2, 0.25) is 0 Å². The van der Waals surface area contributed by atoms with Gasteiger partial charge in [0.2, 0.25) is 5.91 Å². The maximum absolute atomic E-state index is 11.1. The predicted octanol–water partition coefficient (Wildman–Crippen LogP) is 0.285. The summed E-state index contributed by atoms with van der Waals surface area (Å²) < 4.78 is 21.3. The fraction of sp³-hybridized carbons (Fsp3) is 0.833. The van der Waals surface area contributed by atoms with Gasteiger partial charge in [0.1, 0.15) is 0 Å². The van der Waals surface area contributed by atoms with Gasteiger partial charge in [0.25, 0.3) is 0 Å². The maximum Gasteiger partial charge on any atom is 0.238 e. The highest BCUT2D eigenvalue weighted by atomic mass is 32.2. The molecule has 1 atom stereocenters. The summed E-state index contributed by atoms with van der Waals surface area (Å²) >= 11 is -2.45. The quantitative estimate of drug-likeness (QED) is 0.542. The molecule has 1 amide bonds. The summed E-state index contributed by atoms with van der Waals surface area (Å²) in [4.78, 5) is 11.1. The van der Waals surface area contributed by atoms with Crippen LogP contribution in [-0.2, 0) is 16.1 Å². The van der Waals surface area contributed by atoms with Gasteiger partial charge in [0, 0.05) is 23.7 Å². The van der Waals surface area contributed by atoms with Crippen LogP contribution in [0.25, 0.3) is 0 Å². The SMILES string of the molecule is CN(C(=O)C(C)(C)C)S(=O)[O-]. The number of rotatable bonds is 1. The van der Waals surface area contributed by atoms with E-state index in [4.69, 9.17) is 0 Å². The van der Waals surface area contributed by atoms with Crippen molar-refractivity contribution in [3.8, 4) is 0 Å². The molecule has 0 saturated carbocycles.